The van der Waals surface area contributed by atoms with Crippen LogP contribution in [0.4, 0.5) is 0 Å². The van der Waals surface area contributed by atoms with Crippen molar-refractivity contribution < 1.29 is 0 Å². The molecule has 0 atom stereocenters. The summed E-state index contributed by atoms with van der Waals surface area (Å²) < 4.78 is 0. The van der Waals surface area contributed by atoms with Gasteiger partial charge >= 0.3 is 0 Å². The molecule has 2 aromatic heterocycles. The summed E-state index contributed by atoms with van der Waals surface area (Å²) in [5.74, 6) is 2.35. The molecule has 2 aromatic rings. The molecule has 18 heavy (non-hydrogen) atoms. The van der Waals surface area contributed by atoms with Crippen molar-refractivity contribution in [3.05, 3.63) is 49.8 Å². The molecular weight excluding hydrogens is 264 g/mol. The topological polar surface area (TPSA) is 45.8 Å². The molecule has 3 rings (SSSR count). The number of aromatic nitrogens is 2. The average molecular weight is 276 g/mol. The second-order valence-electron chi connectivity index (χ2n) is 4.20. The fourth-order valence-corrected chi connectivity index (χ4v) is 3.64. The van der Waals surface area contributed by atoms with Gasteiger partial charge in [-0.25, -0.2) is 4.98 Å². The molecule has 1 aliphatic heterocycles. The molecule has 0 fully saturated rings. The van der Waals surface area contributed by atoms with Gasteiger partial charge in [-0.2, -0.15) is 23.1 Å². The van der Waals surface area contributed by atoms with Gasteiger partial charge in [0.25, 0.3) is 5.56 Å². The van der Waals surface area contributed by atoms with Crippen LogP contribution >= 0.6 is 23.1 Å². The highest BCUT2D eigenvalue weighted by Gasteiger charge is 2.19. The molecule has 0 spiro atoms. The van der Waals surface area contributed by atoms with Crippen molar-refractivity contribution in [2.24, 2.45) is 0 Å². The lowest BCUT2D eigenvalue weighted by Crippen LogP contribution is -2.21. The van der Waals surface area contributed by atoms with E-state index in [4.69, 9.17) is 0 Å². The number of hydrogen-bond donors (Lipinski definition) is 1. The van der Waals surface area contributed by atoms with E-state index in [1.165, 1.54) is 5.56 Å². The van der Waals surface area contributed by atoms with Crippen LogP contribution in [0.1, 0.15) is 22.6 Å². The van der Waals surface area contributed by atoms with Crippen LogP contribution < -0.4 is 5.56 Å². The number of H-pyrrole nitrogens is 1. The zero-order chi connectivity index (χ0) is 12.5. The number of rotatable bonds is 1. The molecule has 5 heteroatoms. The van der Waals surface area contributed by atoms with Crippen LogP contribution in [0.2, 0.25) is 0 Å². The fraction of sp³-hybridized carbons (Fsp3) is 0.231. The molecule has 0 unspecified atom stereocenters. The van der Waals surface area contributed by atoms with Crippen molar-refractivity contribution in [2.45, 2.75) is 12.7 Å². The Morgan fingerprint density at radius 2 is 2.33 bits per heavy atom. The van der Waals surface area contributed by atoms with Gasteiger partial charge in [0, 0.05) is 11.5 Å². The predicted molar refractivity (Wildman–Crippen MR) is 77.9 cm³/mol. The molecule has 0 amide bonds. The molecule has 3 heterocycles. The molecule has 0 bridgehead atoms. The summed E-state index contributed by atoms with van der Waals surface area (Å²) in [7, 11) is 0. The van der Waals surface area contributed by atoms with Gasteiger partial charge < -0.3 is 4.98 Å². The predicted octanol–water partition coefficient (Wildman–Crippen LogP) is 2.93. The Labute approximate surface area is 113 Å². The first-order chi connectivity index (χ1) is 8.74. The van der Waals surface area contributed by atoms with Gasteiger partial charge in [0.05, 0.1) is 11.3 Å². The number of nitrogens with zero attached hydrogens (tertiary/aromatic N) is 1. The Bertz CT molecular complexity index is 656. The van der Waals surface area contributed by atoms with E-state index in [0.717, 1.165) is 28.3 Å². The van der Waals surface area contributed by atoms with Gasteiger partial charge in [-0.05, 0) is 41.0 Å². The summed E-state index contributed by atoms with van der Waals surface area (Å²) in [6.45, 7) is 1.83. The quantitative estimate of drug-likeness (QED) is 0.871. The highest BCUT2D eigenvalue weighted by molar-refractivity contribution is 7.99. The molecule has 3 nitrogen and oxygen atoms in total. The van der Waals surface area contributed by atoms with Crippen LogP contribution in [0.5, 0.6) is 0 Å². The Hall–Kier alpha value is -1.33. The fourth-order valence-electron chi connectivity index (χ4n) is 2.01. The first-order valence-electron chi connectivity index (χ1n) is 5.65. The largest absolute Gasteiger partial charge is 0.310 e. The third-order valence-corrected chi connectivity index (χ3v) is 4.54. The van der Waals surface area contributed by atoms with E-state index in [9.17, 15) is 4.79 Å². The van der Waals surface area contributed by atoms with E-state index in [1.54, 1.807) is 23.1 Å². The zero-order valence-corrected chi connectivity index (χ0v) is 11.5. The first kappa shape index (κ1) is 11.7. The van der Waals surface area contributed by atoms with Crippen molar-refractivity contribution in [1.82, 2.24) is 9.97 Å². The van der Waals surface area contributed by atoms with E-state index >= 15 is 0 Å². The summed E-state index contributed by atoms with van der Waals surface area (Å²) in [5, 5.41) is 4.16. The maximum Gasteiger partial charge on any atom is 0.255 e. The first-order valence-corrected chi connectivity index (χ1v) is 7.74. The number of thiophene rings is 1. The SMILES string of the molecule is Cc1nc2c(c(=O)[nH]1)CSC/C2=C/c1ccsc1. The minimum Gasteiger partial charge on any atom is -0.310 e. The third kappa shape index (κ3) is 2.15. The molecule has 0 radical (unpaired) electrons. The standard InChI is InChI=1S/C13H12N2OS2/c1-8-14-12-10(4-9-2-3-17-5-9)6-18-7-11(12)13(16)15-8/h2-5H,6-7H2,1H3,(H,14,15,16)/b10-4-. The van der Waals surface area contributed by atoms with Gasteiger partial charge in [0.2, 0.25) is 0 Å². The summed E-state index contributed by atoms with van der Waals surface area (Å²) in [6, 6.07) is 2.08. The lowest BCUT2D eigenvalue weighted by atomic mass is 10.1. The van der Waals surface area contributed by atoms with Crippen molar-refractivity contribution in [3.8, 4) is 0 Å². The maximum atomic E-state index is 11.9. The van der Waals surface area contributed by atoms with Crippen molar-refractivity contribution >= 4 is 34.7 Å². The number of fused-ring (bicyclic) bond motifs is 1. The normalized spacial score (nSPS) is 16.8. The molecule has 1 N–H and O–H groups in total. The molecule has 0 aliphatic carbocycles. The Balaban J connectivity index is 2.15. The van der Waals surface area contributed by atoms with Crippen LogP contribution in [-0.2, 0) is 5.75 Å². The number of hydrogen-bond acceptors (Lipinski definition) is 4. The van der Waals surface area contributed by atoms with E-state index in [0.29, 0.717) is 5.82 Å². The van der Waals surface area contributed by atoms with Crippen LogP contribution in [0.3, 0.4) is 0 Å². The van der Waals surface area contributed by atoms with Crippen LogP contribution in [0.15, 0.2) is 21.6 Å². The van der Waals surface area contributed by atoms with E-state index in [-0.39, 0.29) is 5.56 Å². The number of aromatic amines is 1. The van der Waals surface area contributed by atoms with Gasteiger partial charge in [0.15, 0.2) is 0 Å². The molecule has 1 aliphatic rings. The Morgan fingerprint density at radius 1 is 1.44 bits per heavy atom. The van der Waals surface area contributed by atoms with E-state index in [1.807, 2.05) is 6.92 Å². The van der Waals surface area contributed by atoms with Gasteiger partial charge in [-0.3, -0.25) is 4.79 Å². The van der Waals surface area contributed by atoms with Gasteiger partial charge in [-0.15, -0.1) is 0 Å². The minimum absolute atomic E-state index is 0.000851. The average Bonchev–Trinajstić information content (AvgIpc) is 2.83. The molecule has 0 saturated heterocycles. The number of aryl methyl sites for hydroxylation is 1. The summed E-state index contributed by atoms with van der Waals surface area (Å²) in [5.41, 5.74) is 4.01. The Morgan fingerprint density at radius 3 is 3.11 bits per heavy atom. The highest BCUT2D eigenvalue weighted by atomic mass is 32.2. The van der Waals surface area contributed by atoms with Gasteiger partial charge in [-0.1, -0.05) is 0 Å². The molecular formula is C13H12N2OS2. The number of nitrogens with one attached hydrogen (secondary N) is 1. The maximum absolute atomic E-state index is 11.9. The molecule has 0 aromatic carbocycles. The number of thioether (sulfide) groups is 1. The summed E-state index contributed by atoms with van der Waals surface area (Å²) >= 11 is 3.44. The minimum atomic E-state index is 0.000851. The van der Waals surface area contributed by atoms with Gasteiger partial charge in [0.1, 0.15) is 5.82 Å². The lowest BCUT2D eigenvalue weighted by molar-refractivity contribution is 0.968. The van der Waals surface area contributed by atoms with Crippen LogP contribution in [0.25, 0.3) is 11.6 Å². The molecule has 92 valence electrons. The highest BCUT2D eigenvalue weighted by Crippen LogP contribution is 2.30. The smallest absolute Gasteiger partial charge is 0.255 e. The molecule has 0 saturated carbocycles. The monoisotopic (exact) mass is 276 g/mol. The van der Waals surface area contributed by atoms with Crippen LogP contribution in [0, 0.1) is 6.92 Å². The summed E-state index contributed by atoms with van der Waals surface area (Å²) in [6.07, 6.45) is 2.13. The van der Waals surface area contributed by atoms with Crippen LogP contribution in [-0.4, -0.2) is 15.7 Å². The Kier molecular flexibility index (Phi) is 3.09. The van der Waals surface area contributed by atoms with Crippen molar-refractivity contribution in [2.75, 3.05) is 5.75 Å². The third-order valence-electron chi connectivity index (χ3n) is 2.83. The van der Waals surface area contributed by atoms with Crippen molar-refractivity contribution in [3.63, 3.8) is 0 Å². The van der Waals surface area contributed by atoms with E-state index in [2.05, 4.69) is 32.9 Å². The van der Waals surface area contributed by atoms with Crippen molar-refractivity contribution in [1.29, 1.82) is 0 Å². The zero-order valence-electron chi connectivity index (χ0n) is 9.90. The second kappa shape index (κ2) is 4.74. The summed E-state index contributed by atoms with van der Waals surface area (Å²) in [4.78, 5) is 19.2. The van der Waals surface area contributed by atoms with E-state index < -0.39 is 0 Å². The second-order valence-corrected chi connectivity index (χ2v) is 5.96. The lowest BCUT2D eigenvalue weighted by Gasteiger charge is -2.17.